The Morgan fingerprint density at radius 2 is 1.57 bits per heavy atom. The molecule has 198 valence electrons. The molecule has 0 bridgehead atoms. The second-order valence-corrected chi connectivity index (χ2v) is 9.67. The van der Waals surface area contributed by atoms with E-state index in [0.29, 0.717) is 11.3 Å². The molecule has 1 fully saturated rings. The normalized spacial score (nSPS) is 15.0. The number of nitrogens with one attached hydrogen (secondary N) is 1. The van der Waals surface area contributed by atoms with Gasteiger partial charge in [-0.2, -0.15) is 0 Å². The number of carbonyl (C=O) groups excluding carboxylic acids is 1. The van der Waals surface area contributed by atoms with Crippen LogP contribution in [0, 0.1) is 0 Å². The fourth-order valence-corrected chi connectivity index (χ4v) is 4.89. The monoisotopic (exact) mass is 527 g/mol. The average molecular weight is 528 g/mol. The molecule has 6 rings (SSSR count). The molecular formula is C33H29N5O2. The summed E-state index contributed by atoms with van der Waals surface area (Å²) in [6, 6.07) is 35.1. The average Bonchev–Trinajstić information content (AvgIpc) is 3.02. The summed E-state index contributed by atoms with van der Waals surface area (Å²) in [7, 11) is 0. The van der Waals surface area contributed by atoms with Crippen molar-refractivity contribution in [2.75, 3.05) is 30.3 Å². The van der Waals surface area contributed by atoms with Crippen molar-refractivity contribution in [3.8, 4) is 22.6 Å². The number of nitrogens with two attached hydrogens (primary N) is 1. The molecular weight excluding hydrogens is 498 g/mol. The van der Waals surface area contributed by atoms with Crippen molar-refractivity contribution in [2.45, 2.75) is 6.04 Å². The molecule has 1 aliphatic rings. The van der Waals surface area contributed by atoms with Gasteiger partial charge in [0.1, 0.15) is 28.8 Å². The van der Waals surface area contributed by atoms with Gasteiger partial charge in [0.15, 0.2) is 0 Å². The number of piperazine rings is 1. The Kier molecular flexibility index (Phi) is 7.20. The van der Waals surface area contributed by atoms with Crippen LogP contribution in [-0.2, 0) is 0 Å². The number of hydrogen-bond donors (Lipinski definition) is 2. The van der Waals surface area contributed by atoms with Gasteiger partial charge in [-0.3, -0.25) is 4.79 Å². The molecule has 1 aliphatic heterocycles. The van der Waals surface area contributed by atoms with Crippen LogP contribution in [0.3, 0.4) is 0 Å². The lowest BCUT2D eigenvalue weighted by Gasteiger charge is -2.35. The minimum Gasteiger partial charge on any atom is -0.457 e. The number of pyridine rings is 2. The Morgan fingerprint density at radius 1 is 0.850 bits per heavy atom. The molecule has 1 unspecified atom stereocenters. The summed E-state index contributed by atoms with van der Waals surface area (Å²) in [4.78, 5) is 24.9. The number of rotatable bonds is 7. The highest BCUT2D eigenvalue weighted by Crippen LogP contribution is 2.28. The third kappa shape index (κ3) is 5.55. The van der Waals surface area contributed by atoms with Gasteiger partial charge in [-0.05, 0) is 53.6 Å². The van der Waals surface area contributed by atoms with Crippen LogP contribution in [0.1, 0.15) is 27.7 Å². The van der Waals surface area contributed by atoms with Gasteiger partial charge in [0.05, 0.1) is 5.56 Å². The molecule has 2 aromatic heterocycles. The molecule has 7 nitrogen and oxygen atoms in total. The molecule has 1 saturated heterocycles. The first-order chi connectivity index (χ1) is 19.6. The van der Waals surface area contributed by atoms with Crippen molar-refractivity contribution in [3.63, 3.8) is 0 Å². The summed E-state index contributed by atoms with van der Waals surface area (Å²) in [5, 5.41) is 3.57. The number of nitrogen functional groups attached to an aromatic ring is 1. The Labute approximate surface area is 233 Å². The van der Waals surface area contributed by atoms with Gasteiger partial charge in [0.25, 0.3) is 0 Å². The van der Waals surface area contributed by atoms with Gasteiger partial charge in [0.2, 0.25) is 5.78 Å². The first-order valence-corrected chi connectivity index (χ1v) is 13.3. The summed E-state index contributed by atoms with van der Waals surface area (Å²) in [6.45, 7) is 2.39. The molecule has 5 aromatic rings. The number of ether oxygens (including phenoxy) is 1. The van der Waals surface area contributed by atoms with Crippen LogP contribution in [0.4, 0.5) is 11.6 Å². The van der Waals surface area contributed by atoms with Crippen molar-refractivity contribution in [3.05, 3.63) is 132 Å². The van der Waals surface area contributed by atoms with Crippen LogP contribution < -0.4 is 20.7 Å². The van der Waals surface area contributed by atoms with Gasteiger partial charge >= 0.3 is 0 Å². The topological polar surface area (TPSA) is 93.4 Å². The zero-order chi connectivity index (χ0) is 27.3. The molecule has 7 heteroatoms. The predicted molar refractivity (Wildman–Crippen MR) is 158 cm³/mol. The molecule has 1 atom stereocenters. The lowest BCUT2D eigenvalue weighted by molar-refractivity contribution is 0.103. The number of ketones is 1. The summed E-state index contributed by atoms with van der Waals surface area (Å²) in [5.41, 5.74) is 9.76. The molecule has 0 aliphatic carbocycles. The Bertz CT molecular complexity index is 1610. The quantitative estimate of drug-likeness (QED) is 0.255. The molecule has 3 heterocycles. The largest absolute Gasteiger partial charge is 0.457 e. The zero-order valence-corrected chi connectivity index (χ0v) is 21.9. The third-order valence-electron chi connectivity index (χ3n) is 7.00. The van der Waals surface area contributed by atoms with E-state index in [1.54, 1.807) is 18.3 Å². The Hall–Kier alpha value is -5.01. The maximum atomic E-state index is 13.6. The molecule has 0 radical (unpaired) electrons. The van der Waals surface area contributed by atoms with E-state index in [2.05, 4.69) is 27.3 Å². The van der Waals surface area contributed by atoms with Crippen molar-refractivity contribution >= 4 is 17.4 Å². The van der Waals surface area contributed by atoms with Gasteiger partial charge in [-0.15, -0.1) is 0 Å². The number of benzene rings is 3. The van der Waals surface area contributed by atoms with E-state index in [4.69, 9.17) is 15.5 Å². The summed E-state index contributed by atoms with van der Waals surface area (Å²) >= 11 is 0. The van der Waals surface area contributed by atoms with E-state index in [1.165, 1.54) is 5.56 Å². The third-order valence-corrected chi connectivity index (χ3v) is 7.00. The van der Waals surface area contributed by atoms with E-state index in [1.807, 2.05) is 84.9 Å². The fraction of sp³-hybridized carbons (Fsp3) is 0.121. The van der Waals surface area contributed by atoms with Crippen molar-refractivity contribution in [1.29, 1.82) is 0 Å². The smallest absolute Gasteiger partial charge is 0.215 e. The summed E-state index contributed by atoms with van der Waals surface area (Å²) < 4.78 is 5.90. The Morgan fingerprint density at radius 3 is 2.35 bits per heavy atom. The van der Waals surface area contributed by atoms with Gasteiger partial charge in [-0.1, -0.05) is 66.7 Å². The number of aromatic nitrogens is 2. The second kappa shape index (κ2) is 11.4. The molecule has 0 amide bonds. The minimum absolute atomic E-state index is 0.177. The lowest BCUT2D eigenvalue weighted by atomic mass is 10.0. The van der Waals surface area contributed by atoms with Gasteiger partial charge < -0.3 is 20.7 Å². The lowest BCUT2D eigenvalue weighted by Crippen LogP contribution is -2.46. The van der Waals surface area contributed by atoms with Gasteiger partial charge in [-0.25, -0.2) is 9.97 Å². The summed E-state index contributed by atoms with van der Waals surface area (Å²) in [6.07, 6.45) is 1.67. The first-order valence-electron chi connectivity index (χ1n) is 13.3. The zero-order valence-electron chi connectivity index (χ0n) is 21.9. The predicted octanol–water partition coefficient (Wildman–Crippen LogP) is 5.90. The standard InChI is InChI=1S/C33H29N5O2/c34-33-28(20-25(21-36-33)23-14-16-27(17-15-23)40-26-10-5-2-6-11-26)32(39)29-12-7-13-31(37-29)38-19-18-35-30(22-38)24-8-3-1-4-9-24/h1-17,20-21,30,35H,18-19,22H2,(H2,34,36). The van der Waals surface area contributed by atoms with Crippen LogP contribution in [0.15, 0.2) is 115 Å². The van der Waals surface area contributed by atoms with E-state index in [0.717, 1.165) is 48.1 Å². The molecule has 40 heavy (non-hydrogen) atoms. The van der Waals surface area contributed by atoms with E-state index < -0.39 is 0 Å². The highest BCUT2D eigenvalue weighted by molar-refractivity contribution is 6.11. The molecule has 0 saturated carbocycles. The Balaban J connectivity index is 1.21. The molecule has 3 N–H and O–H groups in total. The van der Waals surface area contributed by atoms with E-state index in [-0.39, 0.29) is 17.6 Å². The van der Waals surface area contributed by atoms with E-state index >= 15 is 0 Å². The SMILES string of the molecule is Nc1ncc(-c2ccc(Oc3ccccc3)cc2)cc1C(=O)c1cccc(N2CCNC(c3ccccc3)C2)n1. The summed E-state index contributed by atoms with van der Waals surface area (Å²) in [5.74, 6) is 2.18. The van der Waals surface area contributed by atoms with Gasteiger partial charge in [0, 0.05) is 37.4 Å². The number of nitrogens with zero attached hydrogens (tertiary/aromatic N) is 3. The minimum atomic E-state index is -0.257. The fourth-order valence-electron chi connectivity index (χ4n) is 4.89. The van der Waals surface area contributed by atoms with Crippen LogP contribution in [-0.4, -0.2) is 35.4 Å². The van der Waals surface area contributed by atoms with Crippen LogP contribution in [0.5, 0.6) is 11.5 Å². The number of anilines is 2. The second-order valence-electron chi connectivity index (χ2n) is 9.67. The van der Waals surface area contributed by atoms with Crippen LogP contribution in [0.25, 0.3) is 11.1 Å². The van der Waals surface area contributed by atoms with Crippen molar-refractivity contribution in [2.24, 2.45) is 0 Å². The number of carbonyl (C=O) groups is 1. The maximum Gasteiger partial charge on any atom is 0.215 e. The maximum absolute atomic E-state index is 13.6. The highest BCUT2D eigenvalue weighted by atomic mass is 16.5. The van der Waals surface area contributed by atoms with Crippen molar-refractivity contribution in [1.82, 2.24) is 15.3 Å². The van der Waals surface area contributed by atoms with Crippen LogP contribution in [0.2, 0.25) is 0 Å². The van der Waals surface area contributed by atoms with Crippen LogP contribution >= 0.6 is 0 Å². The highest BCUT2D eigenvalue weighted by Gasteiger charge is 2.23. The number of hydrogen-bond acceptors (Lipinski definition) is 7. The first kappa shape index (κ1) is 25.3. The van der Waals surface area contributed by atoms with E-state index in [9.17, 15) is 4.79 Å². The van der Waals surface area contributed by atoms with Crippen molar-refractivity contribution < 1.29 is 9.53 Å². The molecule has 3 aromatic carbocycles. The molecule has 0 spiro atoms. The number of para-hydroxylation sites is 1.